The molecule has 28 heavy (non-hydrogen) atoms. The van der Waals surface area contributed by atoms with E-state index in [4.69, 9.17) is 4.74 Å². The Morgan fingerprint density at radius 1 is 1.04 bits per heavy atom. The first-order valence-electron chi connectivity index (χ1n) is 8.96. The number of amides is 1. The van der Waals surface area contributed by atoms with Crippen LogP contribution >= 0.6 is 0 Å². The number of nitrogens with one attached hydrogen (secondary N) is 2. The van der Waals surface area contributed by atoms with Gasteiger partial charge in [0.15, 0.2) is 0 Å². The van der Waals surface area contributed by atoms with Gasteiger partial charge in [-0.05, 0) is 43.3 Å². The van der Waals surface area contributed by atoms with E-state index in [9.17, 15) is 4.79 Å². The molecule has 3 rings (SSSR count). The van der Waals surface area contributed by atoms with Crippen LogP contribution < -0.4 is 20.3 Å². The van der Waals surface area contributed by atoms with Crippen molar-refractivity contribution in [3.8, 4) is 5.75 Å². The Morgan fingerprint density at radius 3 is 2.43 bits per heavy atom. The molecular weight excluding hydrogens is 354 g/mol. The number of hydrogen-bond donors (Lipinski definition) is 2. The molecule has 7 heteroatoms. The summed E-state index contributed by atoms with van der Waals surface area (Å²) in [4.78, 5) is 23.0. The normalized spacial score (nSPS) is 10.2. The summed E-state index contributed by atoms with van der Waals surface area (Å²) >= 11 is 0. The zero-order valence-electron chi connectivity index (χ0n) is 16.1. The smallest absolute Gasteiger partial charge is 0.275 e. The zero-order chi connectivity index (χ0) is 19.9. The lowest BCUT2D eigenvalue weighted by atomic mass is 10.2. The highest BCUT2D eigenvalue weighted by Crippen LogP contribution is 2.24. The molecule has 1 aromatic heterocycles. The summed E-state index contributed by atoms with van der Waals surface area (Å²) in [7, 11) is 3.98. The van der Waals surface area contributed by atoms with Gasteiger partial charge in [-0.25, -0.2) is 9.97 Å². The third kappa shape index (κ3) is 4.76. The summed E-state index contributed by atoms with van der Waals surface area (Å²) in [5, 5.41) is 5.97. The lowest BCUT2D eigenvalue weighted by molar-refractivity contribution is 0.102. The highest BCUT2D eigenvalue weighted by Gasteiger charge is 2.11. The largest absolute Gasteiger partial charge is 0.492 e. The van der Waals surface area contributed by atoms with E-state index in [1.165, 1.54) is 12.4 Å². The molecular formula is C21H23N5O2. The minimum atomic E-state index is -0.346. The number of carbonyl (C=O) groups excluding carboxylic acids is 1. The van der Waals surface area contributed by atoms with Gasteiger partial charge >= 0.3 is 0 Å². The topological polar surface area (TPSA) is 79.4 Å². The molecule has 0 saturated carbocycles. The maximum absolute atomic E-state index is 12.4. The molecule has 0 fully saturated rings. The lowest BCUT2D eigenvalue weighted by Crippen LogP contribution is -2.15. The van der Waals surface area contributed by atoms with E-state index in [-0.39, 0.29) is 11.6 Å². The molecule has 3 aromatic rings. The molecule has 0 bridgehead atoms. The molecule has 0 radical (unpaired) electrons. The summed E-state index contributed by atoms with van der Waals surface area (Å²) < 4.78 is 5.52. The van der Waals surface area contributed by atoms with Crippen molar-refractivity contribution in [2.45, 2.75) is 6.92 Å². The van der Waals surface area contributed by atoms with Gasteiger partial charge in [0, 0.05) is 25.5 Å². The van der Waals surface area contributed by atoms with Gasteiger partial charge in [-0.2, -0.15) is 0 Å². The van der Waals surface area contributed by atoms with Crippen LogP contribution in [0.5, 0.6) is 5.75 Å². The average Bonchev–Trinajstić information content (AvgIpc) is 2.70. The SMILES string of the molecule is CCOc1ccccc1NC(=O)c1cnc(Nc2ccc(N(C)C)cc2)cn1. The highest BCUT2D eigenvalue weighted by atomic mass is 16.5. The standard InChI is InChI=1S/C21H23N5O2/c1-4-28-19-8-6-5-7-17(19)25-21(27)18-13-23-20(14-22-18)24-15-9-11-16(12-10-15)26(2)3/h5-14H,4H2,1-3H3,(H,23,24)(H,25,27). The van der Waals surface area contributed by atoms with Gasteiger partial charge in [0.05, 0.1) is 24.7 Å². The Labute approximate surface area is 164 Å². The van der Waals surface area contributed by atoms with Crippen molar-refractivity contribution in [1.29, 1.82) is 0 Å². The molecule has 2 aromatic carbocycles. The molecule has 1 heterocycles. The predicted molar refractivity (Wildman–Crippen MR) is 112 cm³/mol. The minimum Gasteiger partial charge on any atom is -0.492 e. The van der Waals surface area contributed by atoms with Crippen LogP contribution in [-0.4, -0.2) is 36.6 Å². The third-order valence-corrected chi connectivity index (χ3v) is 3.98. The summed E-state index contributed by atoms with van der Waals surface area (Å²) in [6.07, 6.45) is 2.97. The Kier molecular flexibility index (Phi) is 6.06. The Hall–Kier alpha value is -3.61. The summed E-state index contributed by atoms with van der Waals surface area (Å²) in [5.74, 6) is 0.830. The maximum atomic E-state index is 12.4. The minimum absolute atomic E-state index is 0.222. The van der Waals surface area contributed by atoms with Crippen LogP contribution in [0.2, 0.25) is 0 Å². The fourth-order valence-corrected chi connectivity index (χ4v) is 2.54. The number of para-hydroxylation sites is 2. The van der Waals surface area contributed by atoms with Gasteiger partial charge < -0.3 is 20.3 Å². The molecule has 0 aliphatic carbocycles. The molecule has 0 aliphatic rings. The van der Waals surface area contributed by atoms with E-state index >= 15 is 0 Å². The monoisotopic (exact) mass is 377 g/mol. The van der Waals surface area contributed by atoms with Crippen LogP contribution in [0.3, 0.4) is 0 Å². The van der Waals surface area contributed by atoms with Crippen LogP contribution in [0.25, 0.3) is 0 Å². The molecule has 0 spiro atoms. The van der Waals surface area contributed by atoms with Crippen LogP contribution in [0, 0.1) is 0 Å². The number of carbonyl (C=O) groups is 1. The van der Waals surface area contributed by atoms with Crippen LogP contribution in [-0.2, 0) is 0 Å². The summed E-state index contributed by atoms with van der Waals surface area (Å²) in [6.45, 7) is 2.41. The Balaban J connectivity index is 1.66. The van der Waals surface area contributed by atoms with Gasteiger partial charge in [0.1, 0.15) is 17.3 Å². The second-order valence-electron chi connectivity index (χ2n) is 6.24. The molecule has 0 atom stereocenters. The van der Waals surface area contributed by atoms with E-state index in [0.717, 1.165) is 11.4 Å². The zero-order valence-corrected chi connectivity index (χ0v) is 16.1. The van der Waals surface area contributed by atoms with E-state index in [2.05, 4.69) is 20.6 Å². The Bertz CT molecular complexity index is 924. The first-order valence-corrected chi connectivity index (χ1v) is 8.96. The fraction of sp³-hybridized carbons (Fsp3) is 0.190. The first kappa shape index (κ1) is 19.2. The molecule has 144 valence electrons. The van der Waals surface area contributed by atoms with Crippen molar-refractivity contribution < 1.29 is 9.53 Å². The van der Waals surface area contributed by atoms with Gasteiger partial charge in [0.25, 0.3) is 5.91 Å². The van der Waals surface area contributed by atoms with Gasteiger partial charge in [-0.1, -0.05) is 12.1 Å². The molecule has 0 saturated heterocycles. The van der Waals surface area contributed by atoms with Crippen molar-refractivity contribution >= 4 is 28.8 Å². The number of anilines is 4. The molecule has 0 unspecified atom stereocenters. The number of ether oxygens (including phenoxy) is 1. The Morgan fingerprint density at radius 2 is 1.79 bits per heavy atom. The molecule has 7 nitrogen and oxygen atoms in total. The van der Waals surface area contributed by atoms with Gasteiger partial charge in [0.2, 0.25) is 0 Å². The lowest BCUT2D eigenvalue weighted by Gasteiger charge is -2.13. The number of hydrogen-bond acceptors (Lipinski definition) is 6. The first-order chi connectivity index (χ1) is 13.6. The number of benzene rings is 2. The van der Waals surface area contributed by atoms with Crippen LogP contribution in [0.15, 0.2) is 60.9 Å². The molecule has 0 aliphatic heterocycles. The van der Waals surface area contributed by atoms with Crippen LogP contribution in [0.4, 0.5) is 22.9 Å². The van der Waals surface area contributed by atoms with E-state index in [1.54, 1.807) is 12.1 Å². The third-order valence-electron chi connectivity index (χ3n) is 3.98. The fourth-order valence-electron chi connectivity index (χ4n) is 2.54. The number of rotatable bonds is 7. The average molecular weight is 377 g/mol. The van der Waals surface area contributed by atoms with E-state index in [0.29, 0.717) is 23.9 Å². The van der Waals surface area contributed by atoms with E-state index in [1.807, 2.05) is 62.3 Å². The molecule has 2 N–H and O–H groups in total. The maximum Gasteiger partial charge on any atom is 0.275 e. The van der Waals surface area contributed by atoms with Crippen molar-refractivity contribution in [3.05, 3.63) is 66.6 Å². The van der Waals surface area contributed by atoms with Crippen LogP contribution in [0.1, 0.15) is 17.4 Å². The quantitative estimate of drug-likeness (QED) is 0.649. The number of nitrogens with zero attached hydrogens (tertiary/aromatic N) is 3. The number of aromatic nitrogens is 2. The highest BCUT2D eigenvalue weighted by molar-refractivity contribution is 6.03. The van der Waals surface area contributed by atoms with Gasteiger partial charge in [-0.15, -0.1) is 0 Å². The predicted octanol–water partition coefficient (Wildman–Crippen LogP) is 3.94. The van der Waals surface area contributed by atoms with Crippen molar-refractivity contribution in [3.63, 3.8) is 0 Å². The second-order valence-corrected chi connectivity index (χ2v) is 6.24. The summed E-state index contributed by atoms with van der Waals surface area (Å²) in [6, 6.07) is 15.2. The van der Waals surface area contributed by atoms with Crippen molar-refractivity contribution in [1.82, 2.24) is 9.97 Å². The second kappa shape index (κ2) is 8.85. The summed E-state index contributed by atoms with van der Waals surface area (Å²) in [5.41, 5.74) is 2.82. The van der Waals surface area contributed by atoms with E-state index < -0.39 is 0 Å². The van der Waals surface area contributed by atoms with Crippen molar-refractivity contribution in [2.75, 3.05) is 36.2 Å². The molecule has 1 amide bonds. The van der Waals surface area contributed by atoms with Gasteiger partial charge in [-0.3, -0.25) is 4.79 Å². The van der Waals surface area contributed by atoms with Crippen molar-refractivity contribution in [2.24, 2.45) is 0 Å².